The van der Waals surface area contributed by atoms with Crippen LogP contribution in [0, 0.1) is 19.7 Å². The van der Waals surface area contributed by atoms with Gasteiger partial charge >= 0.3 is 0 Å². The molecule has 4 nitrogen and oxygen atoms in total. The first-order chi connectivity index (χ1) is 10.8. The summed E-state index contributed by atoms with van der Waals surface area (Å²) in [5, 5.41) is 13.2. The number of halogens is 2. The molecule has 0 atom stereocenters. The van der Waals surface area contributed by atoms with E-state index in [9.17, 15) is 14.3 Å². The molecule has 23 heavy (non-hydrogen) atoms. The number of hydrogen-bond donors (Lipinski definition) is 2. The van der Waals surface area contributed by atoms with E-state index in [-0.39, 0.29) is 22.0 Å². The number of anilines is 1. The van der Waals surface area contributed by atoms with Crippen LogP contribution in [0.5, 0.6) is 5.75 Å². The van der Waals surface area contributed by atoms with Crippen LogP contribution in [0.25, 0.3) is 10.2 Å². The van der Waals surface area contributed by atoms with E-state index in [0.717, 1.165) is 5.56 Å². The minimum Gasteiger partial charge on any atom is -0.507 e. The van der Waals surface area contributed by atoms with Crippen molar-refractivity contribution < 1.29 is 14.3 Å². The highest BCUT2D eigenvalue weighted by atomic mass is 35.5. The third kappa shape index (κ3) is 3.00. The highest BCUT2D eigenvalue weighted by Crippen LogP contribution is 2.31. The van der Waals surface area contributed by atoms with E-state index in [1.165, 1.54) is 23.5 Å². The first kappa shape index (κ1) is 15.7. The van der Waals surface area contributed by atoms with Crippen LogP contribution in [0.4, 0.5) is 9.52 Å². The Bertz CT molecular complexity index is 939. The number of phenolic OH excluding ortho intramolecular Hbond substituents is 1. The number of amides is 1. The molecule has 0 unspecified atom stereocenters. The van der Waals surface area contributed by atoms with E-state index in [2.05, 4.69) is 10.3 Å². The molecule has 1 aromatic heterocycles. The van der Waals surface area contributed by atoms with Crippen LogP contribution in [-0.4, -0.2) is 16.0 Å². The number of carbonyl (C=O) groups excluding carboxylic acids is 1. The smallest absolute Gasteiger partial charge is 0.261 e. The second-order valence-electron chi connectivity index (χ2n) is 5.19. The van der Waals surface area contributed by atoms with E-state index in [4.69, 9.17) is 11.6 Å². The molecule has 2 N–H and O–H groups in total. The first-order valence-corrected chi connectivity index (χ1v) is 7.92. The van der Waals surface area contributed by atoms with Crippen molar-refractivity contribution in [2.75, 3.05) is 5.32 Å². The van der Waals surface area contributed by atoms with Gasteiger partial charge in [-0.1, -0.05) is 22.9 Å². The van der Waals surface area contributed by atoms with Crippen molar-refractivity contribution in [2.45, 2.75) is 13.8 Å². The molecule has 3 aromatic rings. The van der Waals surface area contributed by atoms with Gasteiger partial charge in [0, 0.05) is 5.02 Å². The Morgan fingerprint density at radius 2 is 2.04 bits per heavy atom. The first-order valence-electron chi connectivity index (χ1n) is 6.72. The van der Waals surface area contributed by atoms with E-state index < -0.39 is 11.7 Å². The van der Waals surface area contributed by atoms with Crippen molar-refractivity contribution >= 4 is 44.2 Å². The number of benzene rings is 2. The number of nitrogens with one attached hydrogen (secondary N) is 1. The number of aromatic nitrogens is 1. The number of thiazole rings is 1. The van der Waals surface area contributed by atoms with Crippen molar-refractivity contribution in [3.05, 3.63) is 51.8 Å². The minimum absolute atomic E-state index is 0.0471. The molecule has 2 aromatic carbocycles. The SMILES string of the molecule is Cc1cc(F)c2nc(NC(=O)c3cc(Cl)cc(C)c3O)sc2c1. The third-order valence-corrected chi connectivity index (χ3v) is 4.46. The molecular formula is C16H12ClFN2O2S. The van der Waals surface area contributed by atoms with Gasteiger partial charge in [-0.15, -0.1) is 0 Å². The summed E-state index contributed by atoms with van der Waals surface area (Å²) in [6, 6.07) is 6.12. The largest absolute Gasteiger partial charge is 0.507 e. The van der Waals surface area contributed by atoms with Crippen LogP contribution < -0.4 is 5.32 Å². The number of aromatic hydroxyl groups is 1. The van der Waals surface area contributed by atoms with E-state index in [1.807, 2.05) is 0 Å². The molecule has 0 radical (unpaired) electrons. The van der Waals surface area contributed by atoms with Gasteiger partial charge in [-0.25, -0.2) is 9.37 Å². The van der Waals surface area contributed by atoms with E-state index in [0.29, 0.717) is 15.3 Å². The number of carbonyl (C=O) groups is 1. The molecule has 118 valence electrons. The maximum atomic E-state index is 13.9. The molecule has 0 aliphatic rings. The fourth-order valence-corrected chi connectivity index (χ4v) is 3.49. The van der Waals surface area contributed by atoms with Crippen LogP contribution in [0.3, 0.4) is 0 Å². The highest BCUT2D eigenvalue weighted by Gasteiger charge is 2.17. The second kappa shape index (κ2) is 5.79. The summed E-state index contributed by atoms with van der Waals surface area (Å²) in [6.07, 6.45) is 0. The monoisotopic (exact) mass is 350 g/mol. The molecule has 0 saturated heterocycles. The predicted octanol–water partition coefficient (Wildman–Crippen LogP) is 4.66. The number of hydrogen-bond acceptors (Lipinski definition) is 4. The molecular weight excluding hydrogens is 339 g/mol. The average molecular weight is 351 g/mol. The van der Waals surface area contributed by atoms with Gasteiger partial charge in [0.05, 0.1) is 10.3 Å². The fraction of sp³-hybridized carbons (Fsp3) is 0.125. The summed E-state index contributed by atoms with van der Waals surface area (Å²) in [5.74, 6) is -1.13. The lowest BCUT2D eigenvalue weighted by Crippen LogP contribution is -2.12. The Hall–Kier alpha value is -2.18. The summed E-state index contributed by atoms with van der Waals surface area (Å²) in [7, 11) is 0. The molecule has 0 aliphatic carbocycles. The second-order valence-corrected chi connectivity index (χ2v) is 6.65. The quantitative estimate of drug-likeness (QED) is 0.706. The summed E-state index contributed by atoms with van der Waals surface area (Å²) < 4.78 is 14.5. The topological polar surface area (TPSA) is 62.2 Å². The molecule has 0 bridgehead atoms. The Balaban J connectivity index is 1.96. The molecule has 1 heterocycles. The van der Waals surface area contributed by atoms with Crippen molar-refractivity contribution in [1.29, 1.82) is 0 Å². The van der Waals surface area contributed by atoms with Crippen molar-refractivity contribution in [2.24, 2.45) is 0 Å². The van der Waals surface area contributed by atoms with Gasteiger partial charge in [-0.05, 0) is 49.2 Å². The van der Waals surface area contributed by atoms with Crippen LogP contribution in [0.15, 0.2) is 24.3 Å². The van der Waals surface area contributed by atoms with Gasteiger partial charge < -0.3 is 5.11 Å². The molecule has 3 rings (SSSR count). The van der Waals surface area contributed by atoms with Crippen LogP contribution in [0.2, 0.25) is 5.02 Å². The van der Waals surface area contributed by atoms with E-state index in [1.54, 1.807) is 26.0 Å². The maximum absolute atomic E-state index is 13.9. The molecule has 0 saturated carbocycles. The van der Waals surface area contributed by atoms with Crippen LogP contribution in [-0.2, 0) is 0 Å². The average Bonchev–Trinajstić information content (AvgIpc) is 2.85. The number of fused-ring (bicyclic) bond motifs is 1. The van der Waals surface area contributed by atoms with Crippen molar-refractivity contribution in [3.63, 3.8) is 0 Å². The minimum atomic E-state index is -0.552. The molecule has 0 spiro atoms. The summed E-state index contributed by atoms with van der Waals surface area (Å²) in [6.45, 7) is 3.43. The zero-order valence-corrected chi connectivity index (χ0v) is 13.8. The standard InChI is InChI=1S/C16H12ClFN2O2S/c1-7-3-11(18)13-12(4-7)23-16(19-13)20-15(22)10-6-9(17)5-8(2)14(10)21/h3-6,21H,1-2H3,(H,19,20,22). The Labute approximate surface area is 140 Å². The number of phenols is 1. The lowest BCUT2D eigenvalue weighted by molar-refractivity contribution is 0.102. The summed E-state index contributed by atoms with van der Waals surface area (Å²) in [4.78, 5) is 16.4. The zero-order chi connectivity index (χ0) is 16.7. The van der Waals surface area contributed by atoms with E-state index >= 15 is 0 Å². The lowest BCUT2D eigenvalue weighted by Gasteiger charge is -2.07. The number of aryl methyl sites for hydroxylation is 2. The fourth-order valence-electron chi connectivity index (χ4n) is 2.24. The van der Waals surface area contributed by atoms with Gasteiger partial charge in [0.1, 0.15) is 11.3 Å². The van der Waals surface area contributed by atoms with Gasteiger partial charge in [0.15, 0.2) is 10.9 Å². The maximum Gasteiger partial charge on any atom is 0.261 e. The molecule has 1 amide bonds. The summed E-state index contributed by atoms with van der Waals surface area (Å²) >= 11 is 7.08. The highest BCUT2D eigenvalue weighted by molar-refractivity contribution is 7.22. The predicted molar refractivity (Wildman–Crippen MR) is 90.1 cm³/mol. The van der Waals surface area contributed by atoms with Gasteiger partial charge in [-0.3, -0.25) is 10.1 Å². The van der Waals surface area contributed by atoms with Crippen LogP contribution >= 0.6 is 22.9 Å². The third-order valence-electron chi connectivity index (χ3n) is 3.32. The van der Waals surface area contributed by atoms with Gasteiger partial charge in [0.25, 0.3) is 5.91 Å². The number of rotatable bonds is 2. The zero-order valence-electron chi connectivity index (χ0n) is 12.3. The lowest BCUT2D eigenvalue weighted by atomic mass is 10.1. The summed E-state index contributed by atoms with van der Waals surface area (Å²) in [5.41, 5.74) is 1.53. The molecule has 0 fully saturated rings. The Kier molecular flexibility index (Phi) is 3.95. The van der Waals surface area contributed by atoms with Gasteiger partial charge in [-0.2, -0.15) is 0 Å². The van der Waals surface area contributed by atoms with Crippen LogP contribution in [0.1, 0.15) is 21.5 Å². The van der Waals surface area contributed by atoms with Crippen molar-refractivity contribution in [1.82, 2.24) is 4.98 Å². The Morgan fingerprint density at radius 3 is 2.78 bits per heavy atom. The van der Waals surface area contributed by atoms with Gasteiger partial charge in [0.2, 0.25) is 0 Å². The van der Waals surface area contributed by atoms with Crippen molar-refractivity contribution in [3.8, 4) is 5.75 Å². The number of nitrogens with zero attached hydrogens (tertiary/aromatic N) is 1. The Morgan fingerprint density at radius 1 is 1.30 bits per heavy atom. The normalized spacial score (nSPS) is 11.0. The molecule has 7 heteroatoms. The molecule has 0 aliphatic heterocycles.